The third-order valence-electron chi connectivity index (χ3n) is 7.37. The molecule has 3 heterocycles. The van der Waals surface area contributed by atoms with Crippen molar-refractivity contribution in [1.82, 2.24) is 15.3 Å². The maximum atomic E-state index is 10.6. The van der Waals surface area contributed by atoms with Gasteiger partial charge in [0.15, 0.2) is 0 Å². The predicted molar refractivity (Wildman–Crippen MR) is 150 cm³/mol. The Morgan fingerprint density at radius 1 is 1.26 bits per heavy atom. The van der Waals surface area contributed by atoms with Crippen LogP contribution in [0.25, 0.3) is 11.3 Å². The highest BCUT2D eigenvalue weighted by Crippen LogP contribution is 2.32. The fourth-order valence-corrected chi connectivity index (χ4v) is 5.33. The average molecular weight is 557 g/mol. The highest BCUT2D eigenvalue weighted by molar-refractivity contribution is 6.33. The smallest absolute Gasteiger partial charge is 0.329 e. The molecule has 0 bridgehead atoms. The summed E-state index contributed by atoms with van der Waals surface area (Å²) < 4.78 is 10.6. The van der Waals surface area contributed by atoms with Crippen LogP contribution in [0.1, 0.15) is 45.4 Å². The second kappa shape index (κ2) is 13.9. The summed E-state index contributed by atoms with van der Waals surface area (Å²) in [5, 5.41) is 29.4. The van der Waals surface area contributed by atoms with Crippen LogP contribution >= 0.6 is 11.6 Å². The van der Waals surface area contributed by atoms with Crippen molar-refractivity contribution in [3.63, 3.8) is 0 Å². The van der Waals surface area contributed by atoms with Crippen molar-refractivity contribution in [3.05, 3.63) is 35.5 Å². The minimum atomic E-state index is -0.952. The Balaban J connectivity index is 1.31. The molecule has 2 aromatic rings. The number of halogens is 1. The monoisotopic (exact) mass is 556 g/mol. The summed E-state index contributed by atoms with van der Waals surface area (Å²) >= 11 is 6.53. The molecular weight excluding hydrogens is 520 g/mol. The molecule has 1 saturated heterocycles. The maximum Gasteiger partial charge on any atom is 0.329 e. The van der Waals surface area contributed by atoms with Gasteiger partial charge in [-0.2, -0.15) is 5.26 Å². The van der Waals surface area contributed by atoms with Crippen molar-refractivity contribution in [3.8, 4) is 17.3 Å². The van der Waals surface area contributed by atoms with Crippen LogP contribution in [-0.4, -0.2) is 72.1 Å². The summed E-state index contributed by atoms with van der Waals surface area (Å²) in [7, 11) is 0. The van der Waals surface area contributed by atoms with Gasteiger partial charge in [0.2, 0.25) is 0 Å². The third-order valence-corrected chi connectivity index (χ3v) is 7.67. The molecule has 0 aromatic carbocycles. The molecule has 4 N–H and O–H groups in total. The van der Waals surface area contributed by atoms with Crippen LogP contribution in [0.5, 0.6) is 0 Å². The Labute approximate surface area is 234 Å². The largest absolute Gasteiger partial charge is 0.480 e. The van der Waals surface area contributed by atoms with Crippen molar-refractivity contribution in [1.29, 1.82) is 5.26 Å². The fraction of sp³-hybridized carbons (Fsp3) is 0.571. The van der Waals surface area contributed by atoms with Gasteiger partial charge in [-0.25, -0.2) is 14.8 Å². The lowest BCUT2D eigenvalue weighted by Crippen LogP contribution is -2.43. The molecule has 1 aliphatic carbocycles. The Bertz CT molecular complexity index is 1150. The average Bonchev–Trinajstić information content (AvgIpc) is 2.94. The van der Waals surface area contributed by atoms with Gasteiger partial charge < -0.3 is 30.5 Å². The second-order valence-electron chi connectivity index (χ2n) is 10.5. The maximum absolute atomic E-state index is 10.6. The molecule has 11 heteroatoms. The lowest BCUT2D eigenvalue weighted by Gasteiger charge is -2.32. The molecule has 1 atom stereocenters. The van der Waals surface area contributed by atoms with Crippen LogP contribution in [0.15, 0.2) is 30.5 Å². The van der Waals surface area contributed by atoms with Crippen LogP contribution in [0.2, 0.25) is 5.02 Å². The van der Waals surface area contributed by atoms with E-state index in [-0.39, 0.29) is 12.6 Å². The summed E-state index contributed by atoms with van der Waals surface area (Å²) in [4.78, 5) is 19.9. The van der Waals surface area contributed by atoms with Gasteiger partial charge in [0.05, 0.1) is 28.8 Å². The molecule has 1 unspecified atom stereocenters. The lowest BCUT2D eigenvalue weighted by molar-refractivity contribution is -0.142. The second-order valence-corrected chi connectivity index (χ2v) is 10.9. The number of hydrogen-bond acceptors (Lipinski definition) is 9. The predicted octanol–water partition coefficient (Wildman–Crippen LogP) is 4.33. The molecule has 10 nitrogen and oxygen atoms in total. The number of aromatic nitrogens is 2. The molecule has 1 saturated carbocycles. The van der Waals surface area contributed by atoms with Gasteiger partial charge in [-0.1, -0.05) is 17.7 Å². The van der Waals surface area contributed by atoms with Crippen LogP contribution in [0.4, 0.5) is 11.6 Å². The zero-order chi connectivity index (χ0) is 27.7. The summed E-state index contributed by atoms with van der Waals surface area (Å²) in [5.74, 6) is 0.503. The van der Waals surface area contributed by atoms with Crippen LogP contribution in [0.3, 0.4) is 0 Å². The number of pyridine rings is 2. The van der Waals surface area contributed by atoms with E-state index < -0.39 is 11.4 Å². The number of carboxylic acids is 1. The van der Waals surface area contributed by atoms with E-state index in [0.29, 0.717) is 62.1 Å². The number of nitrogens with zero attached hydrogens (tertiary/aromatic N) is 3. The van der Waals surface area contributed by atoms with E-state index in [1.54, 1.807) is 6.20 Å². The third kappa shape index (κ3) is 8.51. The number of nitriles is 1. The van der Waals surface area contributed by atoms with Gasteiger partial charge in [-0.15, -0.1) is 0 Å². The minimum absolute atomic E-state index is 0.0965. The van der Waals surface area contributed by atoms with Gasteiger partial charge in [0.25, 0.3) is 0 Å². The van der Waals surface area contributed by atoms with Gasteiger partial charge in [0, 0.05) is 49.6 Å². The number of carbonyl (C=O) groups is 1. The van der Waals surface area contributed by atoms with Gasteiger partial charge in [-0.05, 0) is 63.6 Å². The molecular formula is C28H37ClN6O4. The summed E-state index contributed by atoms with van der Waals surface area (Å²) in [6, 6.07) is 10.9. The van der Waals surface area contributed by atoms with Crippen molar-refractivity contribution in [2.24, 2.45) is 5.41 Å². The van der Waals surface area contributed by atoms with Gasteiger partial charge >= 0.3 is 5.97 Å². The van der Waals surface area contributed by atoms with E-state index in [9.17, 15) is 10.1 Å². The van der Waals surface area contributed by atoms with Crippen LogP contribution < -0.4 is 16.0 Å². The normalized spacial score (nSPS) is 21.5. The van der Waals surface area contributed by atoms with Crippen LogP contribution in [-0.2, 0) is 14.3 Å². The Kier molecular flexibility index (Phi) is 10.3. The topological polar surface area (TPSA) is 141 Å². The van der Waals surface area contributed by atoms with E-state index in [1.165, 1.54) is 0 Å². The number of carboxylic acid groups (broad SMARTS) is 1. The number of ether oxygens (including phenoxy) is 2. The molecule has 0 radical (unpaired) electrons. The molecule has 2 fully saturated rings. The van der Waals surface area contributed by atoms with Crippen molar-refractivity contribution < 1.29 is 19.4 Å². The first-order chi connectivity index (χ1) is 18.9. The van der Waals surface area contributed by atoms with Gasteiger partial charge in [0.1, 0.15) is 18.2 Å². The zero-order valence-electron chi connectivity index (χ0n) is 22.3. The zero-order valence-corrected chi connectivity index (χ0v) is 23.0. The van der Waals surface area contributed by atoms with Crippen molar-refractivity contribution >= 4 is 29.2 Å². The highest BCUT2D eigenvalue weighted by atomic mass is 35.5. The molecule has 2 aromatic heterocycles. The van der Waals surface area contributed by atoms with Gasteiger partial charge in [-0.3, -0.25) is 0 Å². The van der Waals surface area contributed by atoms with E-state index in [1.807, 2.05) is 31.2 Å². The standard InChI is InChI=1S/C28H37ClN6O4/c1-19(15-39-16-27(36)37)33-20-5-7-21(8-6-20)34-26-13-22(23(29)14-31-26)24-3-2-4-25(35-24)32-18-28(17-30)9-11-38-12-10-28/h2-4,13-14,19-21,33H,5-12,15-16,18H2,1H3,(H,31,34)(H,32,35)(H,36,37). The highest BCUT2D eigenvalue weighted by Gasteiger charge is 2.32. The molecule has 39 heavy (non-hydrogen) atoms. The number of nitrogens with one attached hydrogen (secondary N) is 3. The van der Waals surface area contributed by atoms with E-state index in [2.05, 4.69) is 27.0 Å². The fourth-order valence-electron chi connectivity index (χ4n) is 5.13. The van der Waals surface area contributed by atoms with E-state index in [0.717, 1.165) is 42.8 Å². The molecule has 0 spiro atoms. The lowest BCUT2D eigenvalue weighted by atomic mass is 9.82. The number of hydrogen-bond donors (Lipinski definition) is 4. The van der Waals surface area contributed by atoms with Crippen LogP contribution in [0, 0.1) is 16.7 Å². The first-order valence-corrected chi connectivity index (χ1v) is 13.9. The first kappa shape index (κ1) is 29.0. The molecule has 1 aliphatic heterocycles. The molecule has 2 aliphatic rings. The summed E-state index contributed by atoms with van der Waals surface area (Å²) in [6.07, 6.45) is 7.06. The number of aliphatic carboxylic acids is 1. The number of rotatable bonds is 12. The molecule has 210 valence electrons. The Morgan fingerprint density at radius 3 is 2.72 bits per heavy atom. The van der Waals surface area contributed by atoms with E-state index >= 15 is 0 Å². The van der Waals surface area contributed by atoms with Crippen molar-refractivity contribution in [2.75, 3.05) is 43.6 Å². The van der Waals surface area contributed by atoms with Crippen molar-refractivity contribution in [2.45, 2.75) is 63.6 Å². The Morgan fingerprint density at radius 2 is 2.00 bits per heavy atom. The summed E-state index contributed by atoms with van der Waals surface area (Å²) in [6.45, 7) is 3.84. The summed E-state index contributed by atoms with van der Waals surface area (Å²) in [5.41, 5.74) is 1.09. The molecule has 0 amide bonds. The molecule has 4 rings (SSSR count). The SMILES string of the molecule is CC(COCC(=O)O)NC1CCC(Nc2cc(-c3cccc(NCC4(C#N)CCOCC4)n3)c(Cl)cn2)CC1. The number of anilines is 2. The Hall–Kier alpha value is -2.97. The minimum Gasteiger partial charge on any atom is -0.480 e. The quantitative estimate of drug-likeness (QED) is 0.298. The van der Waals surface area contributed by atoms with E-state index in [4.69, 9.17) is 31.2 Å². The first-order valence-electron chi connectivity index (χ1n) is 13.5.